The number of hydrogen-bond donors (Lipinski definition) is 0. The maximum Gasteiger partial charge on any atom is 0.0989 e. The third kappa shape index (κ3) is 1.44. The van der Waals surface area contributed by atoms with Crippen LogP contribution in [0.1, 0.15) is 0 Å². The van der Waals surface area contributed by atoms with Crippen molar-refractivity contribution >= 4 is 5.69 Å². The minimum Gasteiger partial charge on any atom is -0.328 e. The molecular weight excluding hydrogens is 184 g/mol. The SMILES string of the molecule is C1=CC2=CN(c3ccccc3)CN2C=C1. The van der Waals surface area contributed by atoms with Gasteiger partial charge >= 0.3 is 0 Å². The van der Waals surface area contributed by atoms with Crippen molar-refractivity contribution in [2.45, 2.75) is 0 Å². The summed E-state index contributed by atoms with van der Waals surface area (Å²) in [5, 5.41) is 0. The number of para-hydroxylation sites is 1. The van der Waals surface area contributed by atoms with E-state index in [1.54, 1.807) is 0 Å². The van der Waals surface area contributed by atoms with Crippen molar-refractivity contribution in [1.82, 2.24) is 4.90 Å². The summed E-state index contributed by atoms with van der Waals surface area (Å²) in [4.78, 5) is 4.47. The normalized spacial score (nSPS) is 18.0. The Hall–Kier alpha value is -1.96. The molecule has 3 rings (SSSR count). The predicted octanol–water partition coefficient (Wildman–Crippen LogP) is 2.69. The summed E-state index contributed by atoms with van der Waals surface area (Å²) in [6.45, 7) is 0.903. The zero-order chi connectivity index (χ0) is 10.1. The highest BCUT2D eigenvalue weighted by Gasteiger charge is 2.18. The van der Waals surface area contributed by atoms with Crippen LogP contribution < -0.4 is 4.90 Å². The Labute approximate surface area is 89.4 Å². The van der Waals surface area contributed by atoms with Gasteiger partial charge in [-0.3, -0.25) is 0 Å². The van der Waals surface area contributed by atoms with Crippen LogP contribution in [0.25, 0.3) is 0 Å². The second kappa shape index (κ2) is 3.31. The molecule has 0 saturated heterocycles. The van der Waals surface area contributed by atoms with Crippen molar-refractivity contribution in [3.8, 4) is 0 Å². The molecule has 74 valence electrons. The topological polar surface area (TPSA) is 6.48 Å². The van der Waals surface area contributed by atoms with Gasteiger partial charge in [-0.2, -0.15) is 0 Å². The van der Waals surface area contributed by atoms with Crippen molar-refractivity contribution in [3.63, 3.8) is 0 Å². The summed E-state index contributed by atoms with van der Waals surface area (Å²) in [6, 6.07) is 10.4. The van der Waals surface area contributed by atoms with Gasteiger partial charge in [0.1, 0.15) is 0 Å². The standard InChI is InChI=1S/C13H12N2/c1-2-6-12(7-3-1)15-10-13-8-4-5-9-14(13)11-15/h1-10H,11H2. The molecule has 0 saturated carbocycles. The molecule has 15 heavy (non-hydrogen) atoms. The van der Waals surface area contributed by atoms with E-state index in [0.29, 0.717) is 0 Å². The number of nitrogens with zero attached hydrogens (tertiary/aromatic N) is 2. The molecule has 2 heterocycles. The van der Waals surface area contributed by atoms with Crippen LogP contribution in [0.4, 0.5) is 5.69 Å². The highest BCUT2D eigenvalue weighted by Crippen LogP contribution is 2.25. The summed E-state index contributed by atoms with van der Waals surface area (Å²) in [6.07, 6.45) is 10.5. The molecule has 0 atom stereocenters. The molecule has 0 aliphatic carbocycles. The van der Waals surface area contributed by atoms with Gasteiger partial charge in [0.25, 0.3) is 0 Å². The van der Waals surface area contributed by atoms with Gasteiger partial charge in [-0.25, -0.2) is 0 Å². The van der Waals surface area contributed by atoms with Gasteiger partial charge in [-0.05, 0) is 24.3 Å². The fourth-order valence-electron chi connectivity index (χ4n) is 1.88. The van der Waals surface area contributed by atoms with Crippen LogP contribution in [0.15, 0.2) is 66.7 Å². The zero-order valence-corrected chi connectivity index (χ0v) is 8.38. The number of anilines is 1. The van der Waals surface area contributed by atoms with Crippen molar-refractivity contribution in [1.29, 1.82) is 0 Å². The molecule has 0 N–H and O–H groups in total. The Morgan fingerprint density at radius 3 is 2.60 bits per heavy atom. The summed E-state index contributed by atoms with van der Waals surface area (Å²) in [7, 11) is 0. The van der Waals surface area contributed by atoms with Gasteiger partial charge < -0.3 is 9.80 Å². The Morgan fingerprint density at radius 1 is 0.933 bits per heavy atom. The molecule has 0 fully saturated rings. The van der Waals surface area contributed by atoms with Gasteiger partial charge in [0.05, 0.1) is 12.4 Å². The first-order chi connectivity index (χ1) is 7.43. The van der Waals surface area contributed by atoms with E-state index in [1.165, 1.54) is 11.4 Å². The largest absolute Gasteiger partial charge is 0.328 e. The molecule has 0 unspecified atom stereocenters. The molecule has 2 nitrogen and oxygen atoms in total. The van der Waals surface area contributed by atoms with E-state index in [2.05, 4.69) is 64.7 Å². The highest BCUT2D eigenvalue weighted by molar-refractivity contribution is 5.53. The molecular formula is C13H12N2. The Morgan fingerprint density at radius 2 is 1.80 bits per heavy atom. The van der Waals surface area contributed by atoms with Crippen LogP contribution in [0.3, 0.4) is 0 Å². The fourth-order valence-corrected chi connectivity index (χ4v) is 1.88. The third-order valence-electron chi connectivity index (χ3n) is 2.66. The monoisotopic (exact) mass is 196 g/mol. The molecule has 2 aliphatic heterocycles. The minimum atomic E-state index is 0.903. The number of allylic oxidation sites excluding steroid dienone is 3. The van der Waals surface area contributed by atoms with Gasteiger partial charge in [0, 0.05) is 18.1 Å². The first kappa shape index (κ1) is 8.36. The number of fused-ring (bicyclic) bond motifs is 1. The zero-order valence-electron chi connectivity index (χ0n) is 8.38. The van der Waals surface area contributed by atoms with E-state index in [0.717, 1.165) is 6.67 Å². The lowest BCUT2D eigenvalue weighted by Gasteiger charge is -2.20. The van der Waals surface area contributed by atoms with Crippen LogP contribution >= 0.6 is 0 Å². The quantitative estimate of drug-likeness (QED) is 0.681. The maximum atomic E-state index is 2.25. The molecule has 0 amide bonds. The third-order valence-corrected chi connectivity index (χ3v) is 2.66. The Kier molecular flexibility index (Phi) is 1.85. The Balaban J connectivity index is 1.91. The predicted molar refractivity (Wildman–Crippen MR) is 62.0 cm³/mol. The summed E-state index contributed by atoms with van der Waals surface area (Å²) in [5.41, 5.74) is 2.49. The van der Waals surface area contributed by atoms with Crippen LogP contribution in [0, 0.1) is 0 Å². The number of hydrogen-bond acceptors (Lipinski definition) is 2. The van der Waals surface area contributed by atoms with E-state index in [9.17, 15) is 0 Å². The van der Waals surface area contributed by atoms with Crippen LogP contribution in [-0.2, 0) is 0 Å². The average Bonchev–Trinajstić information content (AvgIpc) is 2.74. The van der Waals surface area contributed by atoms with E-state index in [1.807, 2.05) is 6.07 Å². The summed E-state index contributed by atoms with van der Waals surface area (Å²) < 4.78 is 0. The van der Waals surface area contributed by atoms with Crippen LogP contribution in [-0.4, -0.2) is 11.6 Å². The van der Waals surface area contributed by atoms with Crippen LogP contribution in [0.5, 0.6) is 0 Å². The van der Waals surface area contributed by atoms with Crippen molar-refractivity contribution in [3.05, 3.63) is 66.7 Å². The van der Waals surface area contributed by atoms with Crippen molar-refractivity contribution in [2.75, 3.05) is 11.6 Å². The summed E-state index contributed by atoms with van der Waals surface area (Å²) >= 11 is 0. The lowest BCUT2D eigenvalue weighted by Crippen LogP contribution is -2.22. The molecule has 0 aromatic heterocycles. The molecule has 0 bridgehead atoms. The fraction of sp³-hybridized carbons (Fsp3) is 0.0769. The van der Waals surface area contributed by atoms with Gasteiger partial charge in [0.2, 0.25) is 0 Å². The number of rotatable bonds is 1. The molecule has 0 radical (unpaired) electrons. The van der Waals surface area contributed by atoms with Gasteiger partial charge in [-0.1, -0.05) is 24.3 Å². The second-order valence-electron chi connectivity index (χ2n) is 3.67. The minimum absolute atomic E-state index is 0.903. The molecule has 0 spiro atoms. The number of benzene rings is 1. The van der Waals surface area contributed by atoms with Crippen molar-refractivity contribution in [2.24, 2.45) is 0 Å². The second-order valence-corrected chi connectivity index (χ2v) is 3.67. The van der Waals surface area contributed by atoms with E-state index >= 15 is 0 Å². The smallest absolute Gasteiger partial charge is 0.0989 e. The highest BCUT2D eigenvalue weighted by atomic mass is 15.3. The molecule has 1 aromatic carbocycles. The Bertz CT molecular complexity index is 443. The van der Waals surface area contributed by atoms with E-state index in [4.69, 9.17) is 0 Å². The van der Waals surface area contributed by atoms with Gasteiger partial charge in [0.15, 0.2) is 0 Å². The lowest BCUT2D eigenvalue weighted by molar-refractivity contribution is 0.519. The van der Waals surface area contributed by atoms with Crippen LogP contribution in [0.2, 0.25) is 0 Å². The summed E-state index contributed by atoms with van der Waals surface area (Å²) in [5.74, 6) is 0. The first-order valence-corrected chi connectivity index (χ1v) is 5.08. The van der Waals surface area contributed by atoms with E-state index < -0.39 is 0 Å². The van der Waals surface area contributed by atoms with Crippen molar-refractivity contribution < 1.29 is 0 Å². The molecule has 2 heteroatoms. The maximum absolute atomic E-state index is 2.25. The lowest BCUT2D eigenvalue weighted by atomic mass is 10.3. The van der Waals surface area contributed by atoms with E-state index in [-0.39, 0.29) is 0 Å². The average molecular weight is 196 g/mol. The molecule has 1 aromatic rings. The first-order valence-electron chi connectivity index (χ1n) is 5.08. The van der Waals surface area contributed by atoms with Gasteiger partial charge in [-0.15, -0.1) is 0 Å². The molecule has 2 aliphatic rings.